The number of rotatable bonds is 4. The summed E-state index contributed by atoms with van der Waals surface area (Å²) < 4.78 is 5.36. The minimum atomic E-state index is -0.484. The number of benzene rings is 1. The summed E-state index contributed by atoms with van der Waals surface area (Å²) in [5, 5.41) is 0.926. The van der Waals surface area contributed by atoms with E-state index in [2.05, 4.69) is 11.9 Å². The lowest BCUT2D eigenvalue weighted by Gasteiger charge is -2.33. The van der Waals surface area contributed by atoms with E-state index in [4.69, 9.17) is 4.74 Å². The van der Waals surface area contributed by atoms with Crippen LogP contribution in [0.4, 0.5) is 0 Å². The Balaban J connectivity index is 1.67. The first-order chi connectivity index (χ1) is 12.9. The highest BCUT2D eigenvalue weighted by molar-refractivity contribution is 5.99. The molecule has 0 atom stereocenters. The number of nitrogens with zero attached hydrogens (tertiary/aromatic N) is 2. The number of para-hydroxylation sites is 1. The van der Waals surface area contributed by atoms with Gasteiger partial charge in [-0.15, -0.1) is 0 Å². The number of hydrogen-bond donors (Lipinski definition) is 0. The number of hydrogen-bond acceptors (Lipinski definition) is 4. The molecule has 144 valence electrons. The quantitative estimate of drug-likeness (QED) is 0.764. The molecule has 1 heterocycles. The Morgan fingerprint density at radius 2 is 1.81 bits per heavy atom. The molecule has 1 fully saturated rings. The summed E-state index contributed by atoms with van der Waals surface area (Å²) in [4.78, 5) is 31.4. The number of amides is 1. The van der Waals surface area contributed by atoms with Gasteiger partial charge >= 0.3 is 5.97 Å². The summed E-state index contributed by atoms with van der Waals surface area (Å²) in [7, 11) is 1.81. The van der Waals surface area contributed by atoms with E-state index in [1.165, 1.54) is 0 Å². The van der Waals surface area contributed by atoms with Crippen LogP contribution in [0.15, 0.2) is 24.3 Å². The Kier molecular flexibility index (Phi) is 5.78. The van der Waals surface area contributed by atoms with E-state index in [1.54, 1.807) is 11.8 Å². The zero-order chi connectivity index (χ0) is 19.6. The van der Waals surface area contributed by atoms with E-state index in [0.29, 0.717) is 11.3 Å². The summed E-state index contributed by atoms with van der Waals surface area (Å²) >= 11 is 0. The van der Waals surface area contributed by atoms with Gasteiger partial charge in [0, 0.05) is 18.5 Å². The Bertz CT molecular complexity index is 854. The van der Waals surface area contributed by atoms with Crippen LogP contribution in [0.5, 0.6) is 0 Å². The van der Waals surface area contributed by atoms with Gasteiger partial charge in [0.15, 0.2) is 6.61 Å². The summed E-state index contributed by atoms with van der Waals surface area (Å²) in [5.41, 5.74) is 2.77. The fourth-order valence-electron chi connectivity index (χ4n) is 3.97. The number of esters is 1. The summed E-state index contributed by atoms with van der Waals surface area (Å²) in [6.07, 6.45) is 4.32. The molecule has 3 rings (SSSR count). The predicted molar refractivity (Wildman–Crippen MR) is 106 cm³/mol. The lowest BCUT2D eigenvalue weighted by molar-refractivity contribution is -0.136. The van der Waals surface area contributed by atoms with Crippen LogP contribution >= 0.6 is 0 Å². The van der Waals surface area contributed by atoms with Crippen molar-refractivity contribution in [1.29, 1.82) is 0 Å². The second-order valence-corrected chi connectivity index (χ2v) is 7.71. The number of aromatic nitrogens is 1. The van der Waals surface area contributed by atoms with E-state index in [1.807, 2.05) is 38.2 Å². The molecule has 1 aromatic heterocycles. The number of pyridine rings is 1. The molecule has 1 amide bonds. The highest BCUT2D eigenvalue weighted by Gasteiger charge is 2.26. The molecule has 5 nitrogen and oxygen atoms in total. The van der Waals surface area contributed by atoms with Gasteiger partial charge in [-0.3, -0.25) is 9.78 Å². The third kappa shape index (κ3) is 4.12. The van der Waals surface area contributed by atoms with Gasteiger partial charge in [0.25, 0.3) is 5.91 Å². The molecule has 0 bridgehead atoms. The second-order valence-electron chi connectivity index (χ2n) is 7.71. The normalized spacial score (nSPS) is 19.7. The highest BCUT2D eigenvalue weighted by Crippen LogP contribution is 2.27. The maximum Gasteiger partial charge on any atom is 0.340 e. The van der Waals surface area contributed by atoms with Crippen molar-refractivity contribution in [3.63, 3.8) is 0 Å². The molecule has 0 spiro atoms. The largest absolute Gasteiger partial charge is 0.452 e. The van der Waals surface area contributed by atoms with Crippen molar-refractivity contribution in [2.75, 3.05) is 13.7 Å². The van der Waals surface area contributed by atoms with Gasteiger partial charge in [0.2, 0.25) is 0 Å². The van der Waals surface area contributed by atoms with E-state index >= 15 is 0 Å². The van der Waals surface area contributed by atoms with Crippen molar-refractivity contribution in [3.8, 4) is 0 Å². The zero-order valence-electron chi connectivity index (χ0n) is 16.6. The van der Waals surface area contributed by atoms with E-state index < -0.39 is 5.97 Å². The van der Waals surface area contributed by atoms with Crippen molar-refractivity contribution >= 4 is 22.8 Å². The van der Waals surface area contributed by atoms with E-state index in [0.717, 1.165) is 48.1 Å². The molecule has 1 aliphatic rings. The molecule has 27 heavy (non-hydrogen) atoms. The van der Waals surface area contributed by atoms with Crippen molar-refractivity contribution in [3.05, 3.63) is 41.1 Å². The SMILES string of the molecule is Cc1nc2ccccc2c(C)c1C(=O)OCC(=O)N(C)C1CCC(C)CC1. The van der Waals surface area contributed by atoms with Crippen LogP contribution in [0.1, 0.15) is 54.2 Å². The molecule has 1 saturated carbocycles. The van der Waals surface area contributed by atoms with Crippen LogP contribution in [0.25, 0.3) is 10.9 Å². The maximum absolute atomic E-state index is 12.6. The van der Waals surface area contributed by atoms with Gasteiger partial charge in [-0.25, -0.2) is 4.79 Å². The number of carbonyl (C=O) groups excluding carboxylic acids is 2. The van der Waals surface area contributed by atoms with Crippen LogP contribution in [0.3, 0.4) is 0 Å². The lowest BCUT2D eigenvalue weighted by atomic mass is 9.87. The Morgan fingerprint density at radius 1 is 1.15 bits per heavy atom. The summed E-state index contributed by atoms with van der Waals surface area (Å²) in [6.45, 7) is 5.72. The van der Waals surface area contributed by atoms with Gasteiger partial charge in [-0.2, -0.15) is 0 Å². The maximum atomic E-state index is 12.6. The Labute approximate surface area is 160 Å². The van der Waals surface area contributed by atoms with Crippen molar-refractivity contribution in [2.24, 2.45) is 5.92 Å². The van der Waals surface area contributed by atoms with Crippen LogP contribution in [-0.4, -0.2) is 41.5 Å². The molecule has 1 aliphatic carbocycles. The second kappa shape index (κ2) is 8.07. The smallest absolute Gasteiger partial charge is 0.340 e. The summed E-state index contributed by atoms with van der Waals surface area (Å²) in [6, 6.07) is 7.96. The molecular formula is C22H28N2O3. The average Bonchev–Trinajstić information content (AvgIpc) is 2.66. The van der Waals surface area contributed by atoms with Gasteiger partial charge < -0.3 is 9.64 Å². The molecule has 0 N–H and O–H groups in total. The lowest BCUT2D eigenvalue weighted by Crippen LogP contribution is -2.41. The standard InChI is InChI=1S/C22H28N2O3/c1-14-9-11-17(12-10-14)24(4)20(25)13-27-22(26)21-15(2)18-7-5-6-8-19(18)23-16(21)3/h5-8,14,17H,9-13H2,1-4H3. The first kappa shape index (κ1) is 19.3. The Hall–Kier alpha value is -2.43. The first-order valence-corrected chi connectivity index (χ1v) is 9.67. The molecule has 0 saturated heterocycles. The van der Waals surface area contributed by atoms with Gasteiger partial charge in [-0.05, 0) is 57.1 Å². The number of carbonyl (C=O) groups is 2. The van der Waals surface area contributed by atoms with Gasteiger partial charge in [0.05, 0.1) is 16.8 Å². The monoisotopic (exact) mass is 368 g/mol. The van der Waals surface area contributed by atoms with Crippen LogP contribution in [-0.2, 0) is 9.53 Å². The van der Waals surface area contributed by atoms with Crippen molar-refractivity contribution in [2.45, 2.75) is 52.5 Å². The third-order valence-electron chi connectivity index (χ3n) is 5.79. The minimum Gasteiger partial charge on any atom is -0.452 e. The number of ether oxygens (including phenoxy) is 1. The molecule has 1 aromatic carbocycles. The fourth-order valence-corrected chi connectivity index (χ4v) is 3.97. The van der Waals surface area contributed by atoms with Crippen molar-refractivity contribution in [1.82, 2.24) is 9.88 Å². The molecular weight excluding hydrogens is 340 g/mol. The predicted octanol–water partition coefficient (Wildman–Crippen LogP) is 4.05. The topological polar surface area (TPSA) is 59.5 Å². The minimum absolute atomic E-state index is 0.146. The number of aryl methyl sites for hydroxylation is 2. The fraction of sp³-hybridized carbons (Fsp3) is 0.500. The molecule has 0 unspecified atom stereocenters. The first-order valence-electron chi connectivity index (χ1n) is 9.67. The molecule has 2 aromatic rings. The molecule has 0 aliphatic heterocycles. The van der Waals surface area contributed by atoms with E-state index in [9.17, 15) is 9.59 Å². The van der Waals surface area contributed by atoms with E-state index in [-0.39, 0.29) is 18.6 Å². The molecule has 5 heteroatoms. The van der Waals surface area contributed by atoms with Crippen LogP contribution < -0.4 is 0 Å². The van der Waals surface area contributed by atoms with Gasteiger partial charge in [-0.1, -0.05) is 25.1 Å². The van der Waals surface area contributed by atoms with Crippen molar-refractivity contribution < 1.29 is 14.3 Å². The Morgan fingerprint density at radius 3 is 2.52 bits per heavy atom. The average molecular weight is 368 g/mol. The molecule has 0 radical (unpaired) electrons. The van der Waals surface area contributed by atoms with Crippen LogP contribution in [0.2, 0.25) is 0 Å². The number of likely N-dealkylation sites (N-methyl/N-ethyl adjacent to an activating group) is 1. The number of fused-ring (bicyclic) bond motifs is 1. The van der Waals surface area contributed by atoms with Crippen LogP contribution in [0, 0.1) is 19.8 Å². The van der Waals surface area contributed by atoms with Gasteiger partial charge in [0.1, 0.15) is 0 Å². The highest BCUT2D eigenvalue weighted by atomic mass is 16.5. The zero-order valence-corrected chi connectivity index (χ0v) is 16.6. The third-order valence-corrected chi connectivity index (χ3v) is 5.79. The summed E-state index contributed by atoms with van der Waals surface area (Å²) in [5.74, 6) is 0.100.